The molecule has 0 spiro atoms. The number of hydrogen-bond donors (Lipinski definition) is 0. The van der Waals surface area contributed by atoms with Gasteiger partial charge in [-0.2, -0.15) is 5.10 Å². The number of halogens is 1. The van der Waals surface area contributed by atoms with Crippen molar-refractivity contribution in [1.82, 2.24) is 9.78 Å². The fourth-order valence-electron chi connectivity index (χ4n) is 1.30. The molecule has 0 fully saturated rings. The Kier molecular flexibility index (Phi) is 2.78. The average molecular weight is 187 g/mol. The van der Waals surface area contributed by atoms with Crippen LogP contribution in [0, 0.1) is 0 Å². The van der Waals surface area contributed by atoms with Gasteiger partial charge in [-0.1, -0.05) is 25.4 Å². The Morgan fingerprint density at radius 1 is 1.33 bits per heavy atom. The summed E-state index contributed by atoms with van der Waals surface area (Å²) in [4.78, 5) is 0. The third-order valence-corrected chi connectivity index (χ3v) is 2.11. The van der Waals surface area contributed by atoms with Crippen LogP contribution in [0.2, 0.25) is 5.02 Å². The van der Waals surface area contributed by atoms with Gasteiger partial charge in [0, 0.05) is 6.04 Å². The van der Waals surface area contributed by atoms with Crippen LogP contribution in [0.5, 0.6) is 0 Å². The van der Waals surface area contributed by atoms with Crippen LogP contribution in [0.1, 0.15) is 45.3 Å². The Morgan fingerprint density at radius 2 is 1.92 bits per heavy atom. The molecule has 0 aliphatic heterocycles. The molecule has 0 aliphatic carbocycles. The molecule has 1 rings (SSSR count). The molecule has 0 bridgehead atoms. The molecule has 0 saturated heterocycles. The maximum atomic E-state index is 6.00. The van der Waals surface area contributed by atoms with E-state index in [4.69, 9.17) is 11.6 Å². The van der Waals surface area contributed by atoms with Crippen molar-refractivity contribution >= 4 is 11.6 Å². The topological polar surface area (TPSA) is 17.8 Å². The van der Waals surface area contributed by atoms with Crippen LogP contribution < -0.4 is 0 Å². The standard InChI is InChI=1S/C9H15ClN2/c1-6(2)9-8(10)5-11-12(9)7(3)4/h5-7H,1-4H3. The van der Waals surface area contributed by atoms with E-state index in [1.807, 2.05) is 4.68 Å². The molecule has 12 heavy (non-hydrogen) atoms. The fourth-order valence-corrected chi connectivity index (χ4v) is 1.65. The molecule has 0 N–H and O–H groups in total. The Bertz CT molecular complexity index is 263. The van der Waals surface area contributed by atoms with Gasteiger partial charge in [0.1, 0.15) is 0 Å². The van der Waals surface area contributed by atoms with Crippen LogP contribution in [0.15, 0.2) is 6.20 Å². The second-order valence-corrected chi connectivity index (χ2v) is 3.98. The Balaban J connectivity index is 3.12. The molecule has 0 radical (unpaired) electrons. The van der Waals surface area contributed by atoms with Gasteiger partial charge in [0.15, 0.2) is 0 Å². The highest BCUT2D eigenvalue weighted by atomic mass is 35.5. The van der Waals surface area contributed by atoms with Gasteiger partial charge in [-0.15, -0.1) is 0 Å². The highest BCUT2D eigenvalue weighted by Crippen LogP contribution is 2.25. The minimum absolute atomic E-state index is 0.384. The first-order valence-corrected chi connectivity index (χ1v) is 4.64. The quantitative estimate of drug-likeness (QED) is 0.694. The average Bonchev–Trinajstić information content (AvgIpc) is 2.30. The van der Waals surface area contributed by atoms with Crippen molar-refractivity contribution in [2.75, 3.05) is 0 Å². The molecule has 0 unspecified atom stereocenters. The van der Waals surface area contributed by atoms with Crippen molar-refractivity contribution in [2.45, 2.75) is 39.7 Å². The predicted octanol–water partition coefficient (Wildman–Crippen LogP) is 3.24. The zero-order valence-electron chi connectivity index (χ0n) is 8.00. The molecule has 3 heteroatoms. The van der Waals surface area contributed by atoms with Crippen molar-refractivity contribution in [2.24, 2.45) is 0 Å². The lowest BCUT2D eigenvalue weighted by Crippen LogP contribution is -2.08. The monoisotopic (exact) mass is 186 g/mol. The van der Waals surface area contributed by atoms with Crippen molar-refractivity contribution in [1.29, 1.82) is 0 Å². The summed E-state index contributed by atoms with van der Waals surface area (Å²) in [7, 11) is 0. The van der Waals surface area contributed by atoms with Crippen molar-refractivity contribution in [3.63, 3.8) is 0 Å². The Labute approximate surface area is 78.5 Å². The number of rotatable bonds is 2. The Hall–Kier alpha value is -0.500. The lowest BCUT2D eigenvalue weighted by Gasteiger charge is -2.13. The number of aromatic nitrogens is 2. The van der Waals surface area contributed by atoms with Gasteiger partial charge in [-0.3, -0.25) is 4.68 Å². The first-order valence-electron chi connectivity index (χ1n) is 4.27. The van der Waals surface area contributed by atoms with Gasteiger partial charge in [-0.05, 0) is 19.8 Å². The van der Waals surface area contributed by atoms with E-state index in [2.05, 4.69) is 32.8 Å². The summed E-state index contributed by atoms with van der Waals surface area (Å²) >= 11 is 6.00. The molecule has 0 aliphatic rings. The van der Waals surface area contributed by atoms with Gasteiger partial charge in [0.25, 0.3) is 0 Å². The van der Waals surface area contributed by atoms with E-state index in [0.29, 0.717) is 12.0 Å². The molecular formula is C9H15ClN2. The smallest absolute Gasteiger partial charge is 0.0820 e. The molecular weight excluding hydrogens is 172 g/mol. The largest absolute Gasteiger partial charge is 0.265 e. The third kappa shape index (κ3) is 1.63. The summed E-state index contributed by atoms with van der Waals surface area (Å²) in [5, 5.41) is 5.00. The van der Waals surface area contributed by atoms with Crippen LogP contribution >= 0.6 is 11.6 Å². The zero-order chi connectivity index (χ0) is 9.30. The van der Waals surface area contributed by atoms with Crippen LogP contribution in [-0.4, -0.2) is 9.78 Å². The van der Waals surface area contributed by atoms with Gasteiger partial charge < -0.3 is 0 Å². The van der Waals surface area contributed by atoms with Crippen molar-refractivity contribution < 1.29 is 0 Å². The van der Waals surface area contributed by atoms with E-state index in [0.717, 1.165) is 10.7 Å². The molecule has 0 amide bonds. The van der Waals surface area contributed by atoms with Crippen LogP contribution in [0.3, 0.4) is 0 Å². The van der Waals surface area contributed by atoms with Gasteiger partial charge in [0.05, 0.1) is 16.9 Å². The minimum Gasteiger partial charge on any atom is -0.265 e. The summed E-state index contributed by atoms with van der Waals surface area (Å²) in [5.74, 6) is 0.433. The molecule has 2 nitrogen and oxygen atoms in total. The third-order valence-electron chi connectivity index (χ3n) is 1.82. The summed E-state index contributed by atoms with van der Waals surface area (Å²) in [5.41, 5.74) is 1.13. The van der Waals surface area contributed by atoms with E-state index in [9.17, 15) is 0 Å². The van der Waals surface area contributed by atoms with E-state index >= 15 is 0 Å². The first-order chi connectivity index (χ1) is 5.54. The Morgan fingerprint density at radius 3 is 2.25 bits per heavy atom. The summed E-state index contributed by atoms with van der Waals surface area (Å²) in [6.45, 7) is 8.47. The van der Waals surface area contributed by atoms with Crippen LogP contribution in [-0.2, 0) is 0 Å². The SMILES string of the molecule is CC(C)c1c(Cl)cnn1C(C)C. The molecule has 1 heterocycles. The van der Waals surface area contributed by atoms with Gasteiger partial charge in [-0.25, -0.2) is 0 Å². The predicted molar refractivity (Wildman–Crippen MR) is 51.7 cm³/mol. The highest BCUT2D eigenvalue weighted by Gasteiger charge is 2.13. The highest BCUT2D eigenvalue weighted by molar-refractivity contribution is 6.31. The lowest BCUT2D eigenvalue weighted by molar-refractivity contribution is 0.498. The second kappa shape index (κ2) is 3.48. The summed E-state index contributed by atoms with van der Waals surface area (Å²) in [6, 6.07) is 0.384. The van der Waals surface area contributed by atoms with E-state index in [-0.39, 0.29) is 0 Å². The molecule has 1 aromatic rings. The van der Waals surface area contributed by atoms with Crippen LogP contribution in [0.25, 0.3) is 0 Å². The van der Waals surface area contributed by atoms with E-state index < -0.39 is 0 Å². The van der Waals surface area contributed by atoms with E-state index in [1.165, 1.54) is 0 Å². The summed E-state index contributed by atoms with van der Waals surface area (Å²) < 4.78 is 1.98. The molecule has 0 aromatic carbocycles. The van der Waals surface area contributed by atoms with Crippen molar-refractivity contribution in [3.05, 3.63) is 16.9 Å². The zero-order valence-corrected chi connectivity index (χ0v) is 8.76. The number of nitrogens with zero attached hydrogens (tertiary/aromatic N) is 2. The number of hydrogen-bond acceptors (Lipinski definition) is 1. The molecule has 68 valence electrons. The normalized spacial score (nSPS) is 11.6. The van der Waals surface area contributed by atoms with E-state index in [1.54, 1.807) is 6.20 Å². The van der Waals surface area contributed by atoms with Crippen molar-refractivity contribution in [3.8, 4) is 0 Å². The van der Waals surface area contributed by atoms with Gasteiger partial charge in [0.2, 0.25) is 0 Å². The fraction of sp³-hybridized carbons (Fsp3) is 0.667. The summed E-state index contributed by atoms with van der Waals surface area (Å²) in [6.07, 6.45) is 1.72. The molecule has 1 aromatic heterocycles. The minimum atomic E-state index is 0.384. The van der Waals surface area contributed by atoms with Gasteiger partial charge >= 0.3 is 0 Å². The lowest BCUT2D eigenvalue weighted by atomic mass is 10.1. The maximum Gasteiger partial charge on any atom is 0.0820 e. The van der Waals surface area contributed by atoms with Crippen LogP contribution in [0.4, 0.5) is 0 Å². The molecule has 0 saturated carbocycles. The maximum absolute atomic E-state index is 6.00. The second-order valence-electron chi connectivity index (χ2n) is 3.57. The first kappa shape index (κ1) is 9.59. The molecule has 0 atom stereocenters.